The van der Waals surface area contributed by atoms with Crippen molar-refractivity contribution in [3.05, 3.63) is 11.3 Å². The zero-order chi connectivity index (χ0) is 10.2. The second-order valence-electron chi connectivity index (χ2n) is 3.18. The predicted molar refractivity (Wildman–Crippen MR) is 42.9 cm³/mol. The molecule has 0 aromatic carbocycles. The van der Waals surface area contributed by atoms with E-state index in [1.807, 2.05) is 0 Å². The van der Waals surface area contributed by atoms with E-state index in [2.05, 4.69) is 4.74 Å². The molecular formula is C8H12O5. The Bertz CT molecular complexity index is 253. The summed E-state index contributed by atoms with van der Waals surface area (Å²) in [5.74, 6) is -1.12. The van der Waals surface area contributed by atoms with Gasteiger partial charge >= 0.3 is 5.97 Å². The zero-order valence-corrected chi connectivity index (χ0v) is 7.39. The second-order valence-corrected chi connectivity index (χ2v) is 3.18. The van der Waals surface area contributed by atoms with Crippen LogP contribution in [-0.4, -0.2) is 39.6 Å². The first-order chi connectivity index (χ1) is 5.95. The lowest BCUT2D eigenvalue weighted by Gasteiger charge is -2.13. The van der Waals surface area contributed by atoms with Gasteiger partial charge in [-0.25, -0.2) is 4.79 Å². The molecule has 0 spiro atoms. The first kappa shape index (κ1) is 10.0. The van der Waals surface area contributed by atoms with Crippen molar-refractivity contribution in [2.24, 2.45) is 0 Å². The highest BCUT2D eigenvalue weighted by Gasteiger charge is 2.44. The number of allylic oxidation sites excluding steroid dienone is 1. The van der Waals surface area contributed by atoms with Crippen molar-refractivity contribution in [1.29, 1.82) is 0 Å². The highest BCUT2D eigenvalue weighted by Crippen LogP contribution is 2.22. The lowest BCUT2D eigenvalue weighted by Crippen LogP contribution is -2.32. The van der Waals surface area contributed by atoms with Crippen molar-refractivity contribution in [2.45, 2.75) is 32.2 Å². The molecule has 0 unspecified atom stereocenters. The number of aliphatic hydroxyl groups is 3. The van der Waals surface area contributed by atoms with Crippen molar-refractivity contribution < 1.29 is 24.9 Å². The molecule has 1 rings (SSSR count). The molecule has 1 saturated heterocycles. The van der Waals surface area contributed by atoms with Crippen LogP contribution >= 0.6 is 0 Å². The number of esters is 1. The number of aliphatic hydroxyl groups excluding tert-OH is 3. The number of carbonyl (C=O) groups excluding carboxylic acids is 1. The van der Waals surface area contributed by atoms with Crippen LogP contribution in [0, 0.1) is 0 Å². The fraction of sp³-hybridized carbons (Fsp3) is 0.625. The van der Waals surface area contributed by atoms with Gasteiger partial charge in [-0.05, 0) is 19.4 Å². The smallest absolute Gasteiger partial charge is 0.338 e. The monoisotopic (exact) mass is 188 g/mol. The average Bonchev–Trinajstić information content (AvgIpc) is 2.31. The van der Waals surface area contributed by atoms with Gasteiger partial charge in [-0.2, -0.15) is 0 Å². The molecule has 0 saturated carbocycles. The van der Waals surface area contributed by atoms with E-state index in [1.54, 1.807) is 13.8 Å². The minimum atomic E-state index is -1.56. The van der Waals surface area contributed by atoms with Crippen LogP contribution in [0.2, 0.25) is 0 Å². The highest BCUT2D eigenvalue weighted by atomic mass is 16.6. The summed E-state index contributed by atoms with van der Waals surface area (Å²) in [4.78, 5) is 10.8. The minimum Gasteiger partial charge on any atom is -0.508 e. The maximum atomic E-state index is 10.8. The SMILES string of the molecule is CC(C)=C(O)[C@@H]1OC(=O)[C@H](O)[C@@H]1O. The van der Waals surface area contributed by atoms with Crippen molar-refractivity contribution in [2.75, 3.05) is 0 Å². The maximum absolute atomic E-state index is 10.8. The van der Waals surface area contributed by atoms with Crippen LogP contribution in [0.15, 0.2) is 11.3 Å². The van der Waals surface area contributed by atoms with E-state index in [0.29, 0.717) is 5.57 Å². The van der Waals surface area contributed by atoms with Crippen LogP contribution < -0.4 is 0 Å². The van der Waals surface area contributed by atoms with Crippen LogP contribution in [0.3, 0.4) is 0 Å². The first-order valence-electron chi connectivity index (χ1n) is 3.88. The molecule has 0 aromatic heterocycles. The Kier molecular flexibility index (Phi) is 2.58. The van der Waals surface area contributed by atoms with Crippen LogP contribution in [0.1, 0.15) is 13.8 Å². The van der Waals surface area contributed by atoms with Crippen LogP contribution in [0.5, 0.6) is 0 Å². The fourth-order valence-corrected chi connectivity index (χ4v) is 1.07. The Morgan fingerprint density at radius 1 is 1.38 bits per heavy atom. The first-order valence-corrected chi connectivity index (χ1v) is 3.88. The number of carbonyl (C=O) groups is 1. The Morgan fingerprint density at radius 3 is 2.23 bits per heavy atom. The normalized spacial score (nSPS) is 32.9. The van der Waals surface area contributed by atoms with Crippen molar-refractivity contribution >= 4 is 5.97 Å². The number of cyclic esters (lactones) is 1. The molecule has 3 atom stereocenters. The van der Waals surface area contributed by atoms with Gasteiger partial charge in [-0.15, -0.1) is 0 Å². The van der Waals surface area contributed by atoms with Gasteiger partial charge in [0.25, 0.3) is 0 Å². The van der Waals surface area contributed by atoms with E-state index >= 15 is 0 Å². The summed E-state index contributed by atoms with van der Waals surface area (Å²) in [7, 11) is 0. The third-order valence-electron chi connectivity index (χ3n) is 1.90. The summed E-state index contributed by atoms with van der Waals surface area (Å²) in [5, 5.41) is 27.6. The summed E-state index contributed by atoms with van der Waals surface area (Å²) >= 11 is 0. The minimum absolute atomic E-state index is 0.211. The fourth-order valence-electron chi connectivity index (χ4n) is 1.07. The highest BCUT2D eigenvalue weighted by molar-refractivity contribution is 5.78. The molecule has 13 heavy (non-hydrogen) atoms. The Balaban J connectivity index is 2.86. The Morgan fingerprint density at radius 2 is 1.92 bits per heavy atom. The van der Waals surface area contributed by atoms with E-state index in [0.717, 1.165) is 0 Å². The van der Waals surface area contributed by atoms with E-state index in [4.69, 9.17) is 5.11 Å². The second kappa shape index (κ2) is 3.35. The average molecular weight is 188 g/mol. The van der Waals surface area contributed by atoms with Crippen molar-refractivity contribution in [1.82, 2.24) is 0 Å². The lowest BCUT2D eigenvalue weighted by molar-refractivity contribution is -0.147. The molecule has 1 fully saturated rings. The van der Waals surface area contributed by atoms with Gasteiger partial charge in [0.05, 0.1) is 0 Å². The zero-order valence-electron chi connectivity index (χ0n) is 7.39. The quantitative estimate of drug-likeness (QED) is 0.381. The molecule has 1 aliphatic heterocycles. The van der Waals surface area contributed by atoms with Gasteiger partial charge in [-0.1, -0.05) is 0 Å². The molecule has 0 radical (unpaired) electrons. The summed E-state index contributed by atoms with van der Waals surface area (Å²) in [6.07, 6.45) is -4.08. The maximum Gasteiger partial charge on any atom is 0.338 e. The summed E-state index contributed by atoms with van der Waals surface area (Å²) in [6.45, 7) is 3.22. The molecule has 0 bridgehead atoms. The molecule has 1 aliphatic rings. The predicted octanol–water partition coefficient (Wildman–Crippen LogP) is -0.515. The van der Waals surface area contributed by atoms with E-state index in [-0.39, 0.29) is 5.76 Å². The number of rotatable bonds is 1. The largest absolute Gasteiger partial charge is 0.508 e. The number of ether oxygens (including phenoxy) is 1. The van der Waals surface area contributed by atoms with Gasteiger partial charge in [-0.3, -0.25) is 0 Å². The number of hydrogen-bond donors (Lipinski definition) is 3. The molecular weight excluding hydrogens is 176 g/mol. The molecule has 1 heterocycles. The standard InChI is InChI=1S/C8H12O5/c1-3(2)4(9)7-5(10)6(11)8(12)13-7/h5-7,9-11H,1-2H3/t5-,6+,7-/m0/s1. The third kappa shape index (κ3) is 1.66. The topological polar surface area (TPSA) is 87.0 Å². The molecule has 0 amide bonds. The molecule has 5 nitrogen and oxygen atoms in total. The summed E-state index contributed by atoms with van der Waals surface area (Å²) < 4.78 is 4.56. The molecule has 74 valence electrons. The molecule has 5 heteroatoms. The van der Waals surface area contributed by atoms with Crippen molar-refractivity contribution in [3.8, 4) is 0 Å². The van der Waals surface area contributed by atoms with Gasteiger partial charge in [0.15, 0.2) is 12.2 Å². The Hall–Kier alpha value is -1.07. The molecule has 0 aromatic rings. The third-order valence-corrected chi connectivity index (χ3v) is 1.90. The van der Waals surface area contributed by atoms with Gasteiger partial charge in [0.1, 0.15) is 11.9 Å². The van der Waals surface area contributed by atoms with Crippen molar-refractivity contribution in [3.63, 3.8) is 0 Å². The summed E-state index contributed by atoms with van der Waals surface area (Å²) in [5.41, 5.74) is 0.533. The van der Waals surface area contributed by atoms with Gasteiger partial charge in [0.2, 0.25) is 0 Å². The van der Waals surface area contributed by atoms with E-state index in [1.165, 1.54) is 0 Å². The van der Waals surface area contributed by atoms with Crippen LogP contribution in [0.4, 0.5) is 0 Å². The van der Waals surface area contributed by atoms with Crippen LogP contribution in [-0.2, 0) is 9.53 Å². The molecule has 0 aliphatic carbocycles. The lowest BCUT2D eigenvalue weighted by atomic mass is 10.1. The van der Waals surface area contributed by atoms with E-state index in [9.17, 15) is 15.0 Å². The van der Waals surface area contributed by atoms with Crippen LogP contribution in [0.25, 0.3) is 0 Å². The van der Waals surface area contributed by atoms with E-state index < -0.39 is 24.3 Å². The van der Waals surface area contributed by atoms with Gasteiger partial charge in [0, 0.05) is 0 Å². The molecule has 3 N–H and O–H groups in total. The Labute approximate surface area is 75.3 Å². The van der Waals surface area contributed by atoms with Gasteiger partial charge < -0.3 is 20.1 Å². The summed E-state index contributed by atoms with van der Waals surface area (Å²) in [6, 6.07) is 0. The number of hydrogen-bond acceptors (Lipinski definition) is 5.